The number of nitrogen functional groups attached to an aromatic ring is 1. The number of carbonyl (C=O) groups excluding carboxylic acids is 1. The molecule has 0 spiro atoms. The van der Waals surface area contributed by atoms with Crippen LogP contribution in [0.2, 0.25) is 0 Å². The van der Waals surface area contributed by atoms with E-state index >= 15 is 0 Å². The van der Waals surface area contributed by atoms with Gasteiger partial charge in [-0.3, -0.25) is 4.79 Å². The van der Waals surface area contributed by atoms with Crippen LogP contribution < -0.4 is 16.0 Å². The van der Waals surface area contributed by atoms with Crippen LogP contribution in [0.3, 0.4) is 0 Å². The van der Waals surface area contributed by atoms with E-state index in [2.05, 4.69) is 17.2 Å². The summed E-state index contributed by atoms with van der Waals surface area (Å²) in [6.07, 6.45) is 1.64. The molecular formula is C14H26N4O2S. The summed E-state index contributed by atoms with van der Waals surface area (Å²) in [4.78, 5) is 18.9. The van der Waals surface area contributed by atoms with Gasteiger partial charge in [-0.2, -0.15) is 0 Å². The van der Waals surface area contributed by atoms with Crippen molar-refractivity contribution in [2.75, 3.05) is 37.4 Å². The third kappa shape index (κ3) is 5.17. The second kappa shape index (κ2) is 7.61. The summed E-state index contributed by atoms with van der Waals surface area (Å²) in [6.45, 7) is 7.56. The normalized spacial score (nSPS) is 11.5. The highest BCUT2D eigenvalue weighted by molar-refractivity contribution is 7.18. The zero-order valence-electron chi connectivity index (χ0n) is 13.3. The lowest BCUT2D eigenvalue weighted by Crippen LogP contribution is -2.34. The minimum atomic E-state index is -0.202. The number of anilines is 2. The zero-order chi connectivity index (χ0) is 16.0. The Balaban J connectivity index is 2.70. The van der Waals surface area contributed by atoms with Gasteiger partial charge in [-0.05, 0) is 18.3 Å². The van der Waals surface area contributed by atoms with Crippen LogP contribution in [-0.2, 0) is 0 Å². The molecular weight excluding hydrogens is 288 g/mol. The smallest absolute Gasteiger partial charge is 0.265 e. The number of aliphatic hydroxyl groups is 1. The van der Waals surface area contributed by atoms with Gasteiger partial charge in [0.1, 0.15) is 10.7 Å². The van der Waals surface area contributed by atoms with Crippen LogP contribution in [0, 0.1) is 5.41 Å². The third-order valence-corrected chi connectivity index (χ3v) is 4.43. The highest BCUT2D eigenvalue weighted by Crippen LogP contribution is 2.27. The molecule has 7 heteroatoms. The summed E-state index contributed by atoms with van der Waals surface area (Å²) >= 11 is 1.31. The summed E-state index contributed by atoms with van der Waals surface area (Å²) in [5, 5.41) is 12.6. The molecule has 21 heavy (non-hydrogen) atoms. The molecule has 6 nitrogen and oxygen atoms in total. The molecule has 0 aromatic carbocycles. The number of amides is 1. The first-order chi connectivity index (χ1) is 9.80. The maximum atomic E-state index is 12.2. The van der Waals surface area contributed by atoms with Gasteiger partial charge in [0.15, 0.2) is 5.13 Å². The average molecular weight is 314 g/mol. The molecule has 1 heterocycles. The third-order valence-electron chi connectivity index (χ3n) is 3.25. The van der Waals surface area contributed by atoms with Crippen molar-refractivity contribution in [3.8, 4) is 0 Å². The van der Waals surface area contributed by atoms with Crippen LogP contribution in [-0.4, -0.2) is 42.7 Å². The lowest BCUT2D eigenvalue weighted by Gasteiger charge is -2.23. The molecule has 1 aromatic heterocycles. The largest absolute Gasteiger partial charge is 0.396 e. The van der Waals surface area contributed by atoms with Crippen molar-refractivity contribution in [3.63, 3.8) is 0 Å². The average Bonchev–Trinajstić information content (AvgIpc) is 2.79. The first-order valence-corrected chi connectivity index (χ1v) is 7.99. The van der Waals surface area contributed by atoms with Crippen LogP contribution in [0.15, 0.2) is 0 Å². The van der Waals surface area contributed by atoms with E-state index in [1.807, 2.05) is 25.8 Å². The summed E-state index contributed by atoms with van der Waals surface area (Å²) in [5.74, 6) is 0.0718. The van der Waals surface area contributed by atoms with Crippen molar-refractivity contribution in [2.45, 2.75) is 33.6 Å². The molecule has 0 radical (unpaired) electrons. The van der Waals surface area contributed by atoms with E-state index in [1.165, 1.54) is 11.3 Å². The maximum absolute atomic E-state index is 12.2. The van der Waals surface area contributed by atoms with Gasteiger partial charge in [0, 0.05) is 26.7 Å². The Kier molecular flexibility index (Phi) is 6.42. The van der Waals surface area contributed by atoms with Gasteiger partial charge >= 0.3 is 0 Å². The Labute approximate surface area is 130 Å². The molecule has 1 amide bonds. The molecule has 0 atom stereocenters. The van der Waals surface area contributed by atoms with E-state index in [9.17, 15) is 4.79 Å². The minimum absolute atomic E-state index is 0.109. The fraction of sp³-hybridized carbons (Fsp3) is 0.714. The number of thiazole rings is 1. The summed E-state index contributed by atoms with van der Waals surface area (Å²) in [6, 6.07) is 0. The first kappa shape index (κ1) is 17.7. The maximum Gasteiger partial charge on any atom is 0.265 e. The Morgan fingerprint density at radius 2 is 2.19 bits per heavy atom. The van der Waals surface area contributed by atoms with Gasteiger partial charge in [-0.1, -0.05) is 32.1 Å². The standard InChI is InChI=1S/C14H26N4O2S/c1-5-7-18(4)13-17-11(15)10(21-13)12(20)16-9-14(2,3)6-8-19/h19H,5-9,15H2,1-4H3,(H,16,20). The Morgan fingerprint density at radius 3 is 2.76 bits per heavy atom. The first-order valence-electron chi connectivity index (χ1n) is 7.17. The van der Waals surface area contributed by atoms with Gasteiger partial charge < -0.3 is 21.1 Å². The summed E-state index contributed by atoms with van der Waals surface area (Å²) in [5.41, 5.74) is 5.70. The summed E-state index contributed by atoms with van der Waals surface area (Å²) in [7, 11) is 1.94. The van der Waals surface area contributed by atoms with Crippen molar-refractivity contribution < 1.29 is 9.90 Å². The Morgan fingerprint density at radius 1 is 1.52 bits per heavy atom. The van der Waals surface area contributed by atoms with Gasteiger partial charge in [0.25, 0.3) is 5.91 Å². The number of nitrogens with one attached hydrogen (secondary N) is 1. The molecule has 0 unspecified atom stereocenters. The van der Waals surface area contributed by atoms with E-state index < -0.39 is 0 Å². The van der Waals surface area contributed by atoms with E-state index in [4.69, 9.17) is 10.8 Å². The molecule has 0 bridgehead atoms. The number of hydrogen-bond donors (Lipinski definition) is 3. The monoisotopic (exact) mass is 314 g/mol. The molecule has 0 saturated carbocycles. The SMILES string of the molecule is CCCN(C)c1nc(N)c(C(=O)NCC(C)(C)CCO)s1. The van der Waals surface area contributed by atoms with Crippen LogP contribution in [0.25, 0.3) is 0 Å². The lowest BCUT2D eigenvalue weighted by molar-refractivity contribution is 0.0933. The van der Waals surface area contributed by atoms with E-state index in [0.29, 0.717) is 17.8 Å². The predicted octanol–water partition coefficient (Wildman–Crippen LogP) is 1.71. The Bertz CT molecular complexity index is 474. The number of nitrogens with two attached hydrogens (primary N) is 1. The number of hydrogen-bond acceptors (Lipinski definition) is 6. The van der Waals surface area contributed by atoms with E-state index in [-0.39, 0.29) is 23.7 Å². The highest BCUT2D eigenvalue weighted by atomic mass is 32.1. The Hall–Kier alpha value is -1.34. The number of aromatic nitrogens is 1. The second-order valence-electron chi connectivity index (χ2n) is 5.95. The van der Waals surface area contributed by atoms with Crippen molar-refractivity contribution in [1.29, 1.82) is 0 Å². The van der Waals surface area contributed by atoms with Gasteiger partial charge in [0.05, 0.1) is 0 Å². The van der Waals surface area contributed by atoms with Gasteiger partial charge in [-0.25, -0.2) is 4.98 Å². The molecule has 1 rings (SSSR count). The molecule has 1 aromatic rings. The predicted molar refractivity (Wildman–Crippen MR) is 87.9 cm³/mol. The molecule has 120 valence electrons. The second-order valence-corrected chi connectivity index (χ2v) is 6.93. The molecule has 0 fully saturated rings. The quantitative estimate of drug-likeness (QED) is 0.679. The molecule has 0 saturated heterocycles. The molecule has 0 aliphatic heterocycles. The molecule has 0 aliphatic rings. The van der Waals surface area contributed by atoms with Crippen molar-refractivity contribution in [3.05, 3.63) is 4.88 Å². The van der Waals surface area contributed by atoms with Gasteiger partial charge in [-0.15, -0.1) is 0 Å². The number of nitrogens with zero attached hydrogens (tertiary/aromatic N) is 2. The fourth-order valence-corrected chi connectivity index (χ4v) is 2.76. The highest BCUT2D eigenvalue weighted by Gasteiger charge is 2.22. The van der Waals surface area contributed by atoms with E-state index in [1.54, 1.807) is 0 Å². The molecule has 0 aliphatic carbocycles. The summed E-state index contributed by atoms with van der Waals surface area (Å²) < 4.78 is 0. The van der Waals surface area contributed by atoms with Crippen molar-refractivity contribution in [1.82, 2.24) is 10.3 Å². The molecule has 4 N–H and O–H groups in total. The number of aliphatic hydroxyl groups excluding tert-OH is 1. The topological polar surface area (TPSA) is 91.5 Å². The van der Waals surface area contributed by atoms with E-state index in [0.717, 1.165) is 18.1 Å². The minimum Gasteiger partial charge on any atom is -0.396 e. The van der Waals surface area contributed by atoms with Crippen LogP contribution in [0.1, 0.15) is 43.3 Å². The zero-order valence-corrected chi connectivity index (χ0v) is 14.1. The lowest BCUT2D eigenvalue weighted by atomic mass is 9.90. The number of rotatable bonds is 8. The van der Waals surface area contributed by atoms with Crippen molar-refractivity contribution in [2.24, 2.45) is 5.41 Å². The van der Waals surface area contributed by atoms with Crippen LogP contribution >= 0.6 is 11.3 Å². The van der Waals surface area contributed by atoms with Gasteiger partial charge in [0.2, 0.25) is 0 Å². The van der Waals surface area contributed by atoms with Crippen LogP contribution in [0.4, 0.5) is 10.9 Å². The van der Waals surface area contributed by atoms with Crippen molar-refractivity contribution >= 4 is 28.2 Å². The van der Waals surface area contributed by atoms with Crippen LogP contribution in [0.5, 0.6) is 0 Å². The fourth-order valence-electron chi connectivity index (χ4n) is 1.87. The number of carbonyl (C=O) groups is 1.